The van der Waals surface area contributed by atoms with Gasteiger partial charge in [-0.15, -0.1) is 0 Å². The molecule has 154 valence electrons. The Morgan fingerprint density at radius 3 is 2.48 bits per heavy atom. The van der Waals surface area contributed by atoms with Crippen molar-refractivity contribution in [1.29, 1.82) is 0 Å². The second kappa shape index (κ2) is 9.35. The highest BCUT2D eigenvalue weighted by Crippen LogP contribution is 2.33. The van der Waals surface area contributed by atoms with Crippen molar-refractivity contribution < 1.29 is 14.2 Å². The summed E-state index contributed by atoms with van der Waals surface area (Å²) in [6.45, 7) is 1.24. The van der Waals surface area contributed by atoms with Gasteiger partial charge in [-0.05, 0) is 56.0 Å². The summed E-state index contributed by atoms with van der Waals surface area (Å²) in [6, 6.07) is 13.8. The van der Waals surface area contributed by atoms with E-state index in [-0.39, 0.29) is 5.56 Å². The fourth-order valence-corrected chi connectivity index (χ4v) is 4.98. The molecule has 0 aliphatic heterocycles. The van der Waals surface area contributed by atoms with Crippen molar-refractivity contribution in [2.24, 2.45) is 0 Å². The number of nitrogens with zero attached hydrogens (tertiary/aromatic N) is 1. The van der Waals surface area contributed by atoms with Gasteiger partial charge in [-0.1, -0.05) is 36.5 Å². The van der Waals surface area contributed by atoms with Gasteiger partial charge in [-0.25, -0.2) is 0 Å². The molecule has 0 unspecified atom stereocenters. The van der Waals surface area contributed by atoms with E-state index in [9.17, 15) is 4.79 Å². The number of rotatable bonds is 9. The summed E-state index contributed by atoms with van der Waals surface area (Å²) < 4.78 is 20.0. The first-order chi connectivity index (χ1) is 14.3. The number of hydrogen-bond donors (Lipinski definition) is 0. The van der Waals surface area contributed by atoms with Gasteiger partial charge in [0, 0.05) is 6.04 Å². The van der Waals surface area contributed by atoms with E-state index in [1.807, 2.05) is 46.4 Å². The molecule has 0 N–H and O–H groups in total. The number of para-hydroxylation sites is 2. The molecule has 4 rings (SSSR count). The summed E-state index contributed by atoms with van der Waals surface area (Å²) in [5, 5.41) is 0.805. The number of fused-ring (bicyclic) bond motifs is 1. The maximum atomic E-state index is 12.6. The van der Waals surface area contributed by atoms with E-state index in [1.165, 1.54) is 12.8 Å². The quantitative estimate of drug-likeness (QED) is 0.439. The highest BCUT2D eigenvalue weighted by Gasteiger charge is 2.21. The molecule has 5 nitrogen and oxygen atoms in total. The summed E-state index contributed by atoms with van der Waals surface area (Å²) in [5.41, 5.74) is 0.150. The first-order valence-corrected chi connectivity index (χ1v) is 11.1. The maximum Gasteiger partial charge on any atom is 0.268 e. The second-order valence-electron chi connectivity index (χ2n) is 7.37. The average molecular weight is 414 g/mol. The van der Waals surface area contributed by atoms with E-state index >= 15 is 0 Å². The standard InChI is InChI=1S/C23H27NO4S/c1-26-20-10-4-5-11-21(20)28-15-7-6-14-27-18-12-13-19-22(16-18)29-24(23(19)25)17-8-2-3-9-17/h4-5,10-13,16-17H,2-3,6-9,14-15H2,1H3. The van der Waals surface area contributed by atoms with Crippen LogP contribution in [0.1, 0.15) is 44.6 Å². The Bertz CT molecular complexity index is 1000. The molecule has 1 heterocycles. The van der Waals surface area contributed by atoms with Crippen molar-refractivity contribution in [2.45, 2.75) is 44.6 Å². The van der Waals surface area contributed by atoms with Gasteiger partial charge in [0.2, 0.25) is 0 Å². The predicted octanol–water partition coefficient (Wildman–Crippen LogP) is 5.42. The number of methoxy groups -OCH3 is 1. The third-order valence-corrected chi connectivity index (χ3v) is 6.57. The van der Waals surface area contributed by atoms with Crippen LogP contribution in [0.4, 0.5) is 0 Å². The Hall–Kier alpha value is -2.47. The van der Waals surface area contributed by atoms with Gasteiger partial charge in [0.05, 0.1) is 30.4 Å². The van der Waals surface area contributed by atoms with Gasteiger partial charge in [-0.3, -0.25) is 8.75 Å². The lowest BCUT2D eigenvalue weighted by Crippen LogP contribution is -2.16. The van der Waals surface area contributed by atoms with Crippen LogP contribution >= 0.6 is 11.5 Å². The van der Waals surface area contributed by atoms with Crippen LogP contribution in [0.15, 0.2) is 47.3 Å². The highest BCUT2D eigenvalue weighted by molar-refractivity contribution is 7.13. The molecule has 0 atom stereocenters. The van der Waals surface area contributed by atoms with Crippen LogP contribution in [0.5, 0.6) is 17.2 Å². The number of hydrogen-bond acceptors (Lipinski definition) is 5. The normalized spacial score (nSPS) is 14.4. The minimum absolute atomic E-state index is 0.150. The van der Waals surface area contributed by atoms with Gasteiger partial charge in [0.25, 0.3) is 5.56 Å². The SMILES string of the molecule is COc1ccccc1OCCCCOc1ccc2c(=O)n(C3CCCC3)sc2c1. The molecular formula is C23H27NO4S. The van der Waals surface area contributed by atoms with Gasteiger partial charge < -0.3 is 14.2 Å². The smallest absolute Gasteiger partial charge is 0.268 e. The topological polar surface area (TPSA) is 49.7 Å². The average Bonchev–Trinajstić information content (AvgIpc) is 3.39. The summed E-state index contributed by atoms with van der Waals surface area (Å²) in [5.74, 6) is 2.34. The molecule has 0 spiro atoms. The number of unbranched alkanes of at least 4 members (excludes halogenated alkanes) is 1. The van der Waals surface area contributed by atoms with Gasteiger partial charge in [0.1, 0.15) is 5.75 Å². The molecule has 1 fully saturated rings. The summed E-state index contributed by atoms with van der Waals surface area (Å²) >= 11 is 1.58. The summed E-state index contributed by atoms with van der Waals surface area (Å²) in [4.78, 5) is 12.6. The van der Waals surface area contributed by atoms with Crippen molar-refractivity contribution in [3.05, 3.63) is 52.8 Å². The third kappa shape index (κ3) is 4.58. The first kappa shape index (κ1) is 19.8. The number of aromatic nitrogens is 1. The van der Waals surface area contributed by atoms with Crippen molar-refractivity contribution in [2.75, 3.05) is 20.3 Å². The molecule has 2 aromatic carbocycles. The second-order valence-corrected chi connectivity index (χ2v) is 8.39. The third-order valence-electron chi connectivity index (χ3n) is 5.37. The van der Waals surface area contributed by atoms with Gasteiger partial charge in [0.15, 0.2) is 11.5 Å². The zero-order valence-corrected chi connectivity index (χ0v) is 17.6. The predicted molar refractivity (Wildman–Crippen MR) is 117 cm³/mol. The van der Waals surface area contributed by atoms with Gasteiger partial charge in [-0.2, -0.15) is 0 Å². The Morgan fingerprint density at radius 2 is 1.72 bits per heavy atom. The van der Waals surface area contributed by atoms with Crippen molar-refractivity contribution >= 4 is 21.6 Å². The van der Waals surface area contributed by atoms with Crippen molar-refractivity contribution in [1.82, 2.24) is 3.96 Å². The van der Waals surface area contributed by atoms with Crippen LogP contribution in [0.3, 0.4) is 0 Å². The van der Waals surface area contributed by atoms with Crippen molar-refractivity contribution in [3.63, 3.8) is 0 Å². The molecule has 1 aromatic heterocycles. The molecule has 0 saturated heterocycles. The van der Waals surface area contributed by atoms with Gasteiger partial charge >= 0.3 is 0 Å². The highest BCUT2D eigenvalue weighted by atomic mass is 32.1. The molecule has 6 heteroatoms. The molecule has 0 bridgehead atoms. The van der Waals surface area contributed by atoms with E-state index in [0.29, 0.717) is 19.3 Å². The van der Waals surface area contributed by atoms with Crippen LogP contribution in [0.25, 0.3) is 10.1 Å². The molecule has 1 aliphatic rings. The summed E-state index contributed by atoms with van der Waals surface area (Å²) in [7, 11) is 1.64. The minimum atomic E-state index is 0.150. The zero-order chi connectivity index (χ0) is 20.1. The Kier molecular flexibility index (Phi) is 6.39. The lowest BCUT2D eigenvalue weighted by Gasteiger charge is -2.10. The van der Waals surface area contributed by atoms with Crippen LogP contribution in [0.2, 0.25) is 0 Å². The molecule has 1 aliphatic carbocycles. The Morgan fingerprint density at radius 1 is 1.00 bits per heavy atom. The first-order valence-electron chi connectivity index (χ1n) is 10.3. The number of benzene rings is 2. The maximum absolute atomic E-state index is 12.6. The summed E-state index contributed by atoms with van der Waals surface area (Å²) in [6.07, 6.45) is 6.47. The van der Waals surface area contributed by atoms with Crippen LogP contribution in [0, 0.1) is 0 Å². The van der Waals surface area contributed by atoms with E-state index in [1.54, 1.807) is 18.6 Å². The number of ether oxygens (including phenoxy) is 3. The minimum Gasteiger partial charge on any atom is -0.494 e. The fourth-order valence-electron chi connectivity index (χ4n) is 3.80. The zero-order valence-electron chi connectivity index (χ0n) is 16.8. The van der Waals surface area contributed by atoms with Crippen LogP contribution < -0.4 is 19.8 Å². The Labute approximate surface area is 175 Å². The monoisotopic (exact) mass is 413 g/mol. The van der Waals surface area contributed by atoms with Crippen LogP contribution in [-0.4, -0.2) is 24.3 Å². The molecule has 1 saturated carbocycles. The fraction of sp³-hybridized carbons (Fsp3) is 0.435. The lowest BCUT2D eigenvalue weighted by molar-refractivity contribution is 0.258. The molecule has 0 amide bonds. The molecule has 0 radical (unpaired) electrons. The van der Waals surface area contributed by atoms with E-state index in [0.717, 1.165) is 53.0 Å². The van der Waals surface area contributed by atoms with E-state index < -0.39 is 0 Å². The Balaban J connectivity index is 1.27. The van der Waals surface area contributed by atoms with E-state index in [2.05, 4.69) is 0 Å². The lowest BCUT2D eigenvalue weighted by atomic mass is 10.2. The van der Waals surface area contributed by atoms with Crippen LogP contribution in [-0.2, 0) is 0 Å². The van der Waals surface area contributed by atoms with E-state index in [4.69, 9.17) is 14.2 Å². The molecular weight excluding hydrogens is 386 g/mol. The largest absolute Gasteiger partial charge is 0.494 e. The molecule has 29 heavy (non-hydrogen) atoms. The molecule has 3 aromatic rings. The van der Waals surface area contributed by atoms with Crippen molar-refractivity contribution in [3.8, 4) is 17.2 Å².